The van der Waals surface area contributed by atoms with Gasteiger partial charge in [0.1, 0.15) is 0 Å². The van der Waals surface area contributed by atoms with Crippen molar-refractivity contribution in [1.82, 2.24) is 0 Å². The van der Waals surface area contributed by atoms with Crippen LogP contribution in [0.1, 0.15) is 12.0 Å². The summed E-state index contributed by atoms with van der Waals surface area (Å²) in [7, 11) is -4.67. The zero-order valence-electron chi connectivity index (χ0n) is 14.6. The van der Waals surface area contributed by atoms with Crippen molar-refractivity contribution < 1.29 is 17.5 Å². The number of hydrogen-bond acceptors (Lipinski definition) is 4. The first kappa shape index (κ1) is 22.7. The standard InChI is InChI=1S/C17H21ClN4.H2O4S/c18-15-7-9-16(10-8-15)22(12-4-11-21-17(19)20)13-14-5-2-1-3-6-14;1-5(2,3)4/h1-3,5-10H,4,11-13H2,(H4,19,20,21);(H2,1,2,3,4). The molecule has 0 unspecified atom stereocenters. The molecule has 0 spiro atoms. The monoisotopic (exact) mass is 414 g/mol. The van der Waals surface area contributed by atoms with Gasteiger partial charge in [-0.1, -0.05) is 41.9 Å². The van der Waals surface area contributed by atoms with Gasteiger partial charge in [0.05, 0.1) is 0 Å². The van der Waals surface area contributed by atoms with Crippen LogP contribution in [0.3, 0.4) is 0 Å². The summed E-state index contributed by atoms with van der Waals surface area (Å²) in [6.45, 7) is 2.33. The number of nitrogens with two attached hydrogens (primary N) is 2. The van der Waals surface area contributed by atoms with Gasteiger partial charge in [-0.05, 0) is 36.2 Å². The Morgan fingerprint density at radius 3 is 2.11 bits per heavy atom. The van der Waals surface area contributed by atoms with Crippen molar-refractivity contribution in [3.63, 3.8) is 0 Å². The van der Waals surface area contributed by atoms with Crippen LogP contribution in [0, 0.1) is 0 Å². The van der Waals surface area contributed by atoms with Crippen molar-refractivity contribution in [2.75, 3.05) is 18.0 Å². The van der Waals surface area contributed by atoms with Crippen LogP contribution >= 0.6 is 11.6 Å². The maximum Gasteiger partial charge on any atom is 0.394 e. The second-order valence-electron chi connectivity index (χ2n) is 5.49. The van der Waals surface area contributed by atoms with Crippen molar-refractivity contribution in [2.45, 2.75) is 13.0 Å². The second kappa shape index (κ2) is 11.4. The quantitative estimate of drug-likeness (QED) is 0.235. The van der Waals surface area contributed by atoms with Crippen LogP contribution in [0.5, 0.6) is 0 Å². The van der Waals surface area contributed by atoms with E-state index >= 15 is 0 Å². The third kappa shape index (κ3) is 11.8. The van der Waals surface area contributed by atoms with E-state index in [9.17, 15) is 0 Å². The number of benzene rings is 2. The number of guanidine groups is 1. The van der Waals surface area contributed by atoms with Crippen LogP contribution in [0.15, 0.2) is 59.6 Å². The van der Waals surface area contributed by atoms with Gasteiger partial charge in [0.2, 0.25) is 0 Å². The average Bonchev–Trinajstić information content (AvgIpc) is 2.58. The van der Waals surface area contributed by atoms with Gasteiger partial charge in [0, 0.05) is 30.3 Å². The Labute approximate surface area is 164 Å². The maximum atomic E-state index is 8.74. The lowest BCUT2D eigenvalue weighted by Gasteiger charge is -2.25. The molecule has 0 aliphatic rings. The Balaban J connectivity index is 0.000000646. The molecule has 148 valence electrons. The molecule has 0 heterocycles. The zero-order valence-corrected chi connectivity index (χ0v) is 16.1. The topological polar surface area (TPSA) is 142 Å². The molecule has 6 N–H and O–H groups in total. The van der Waals surface area contributed by atoms with E-state index in [0.717, 1.165) is 30.2 Å². The van der Waals surface area contributed by atoms with Gasteiger partial charge in [-0.3, -0.25) is 14.1 Å². The van der Waals surface area contributed by atoms with E-state index in [2.05, 4.69) is 34.2 Å². The Morgan fingerprint density at radius 2 is 1.59 bits per heavy atom. The fourth-order valence-electron chi connectivity index (χ4n) is 2.22. The first-order chi connectivity index (χ1) is 12.6. The van der Waals surface area contributed by atoms with E-state index in [1.54, 1.807) is 0 Å². The van der Waals surface area contributed by atoms with Crippen LogP contribution in [-0.4, -0.2) is 36.6 Å². The molecule has 0 radical (unpaired) electrons. The van der Waals surface area contributed by atoms with Crippen LogP contribution < -0.4 is 16.4 Å². The highest BCUT2D eigenvalue weighted by atomic mass is 35.5. The Hall–Kier alpha value is -2.33. The van der Waals surface area contributed by atoms with Crippen molar-refractivity contribution in [1.29, 1.82) is 0 Å². The first-order valence-corrected chi connectivity index (χ1v) is 9.72. The van der Waals surface area contributed by atoms with Crippen LogP contribution in [0.25, 0.3) is 0 Å². The van der Waals surface area contributed by atoms with E-state index < -0.39 is 10.4 Å². The number of anilines is 1. The van der Waals surface area contributed by atoms with Gasteiger partial charge in [-0.15, -0.1) is 0 Å². The molecule has 0 amide bonds. The minimum atomic E-state index is -4.67. The highest BCUT2D eigenvalue weighted by Crippen LogP contribution is 2.20. The third-order valence-corrected chi connectivity index (χ3v) is 3.54. The smallest absolute Gasteiger partial charge is 0.370 e. The summed E-state index contributed by atoms with van der Waals surface area (Å²) < 4.78 is 31.6. The highest BCUT2D eigenvalue weighted by Gasteiger charge is 2.07. The van der Waals surface area contributed by atoms with E-state index in [4.69, 9.17) is 40.6 Å². The van der Waals surface area contributed by atoms with Gasteiger partial charge >= 0.3 is 10.4 Å². The summed E-state index contributed by atoms with van der Waals surface area (Å²) in [5.74, 6) is 0.140. The molecule has 0 saturated carbocycles. The SMILES string of the molecule is NC(N)=NCCCN(Cc1ccccc1)c1ccc(Cl)cc1.O=S(=O)(O)O. The molecule has 8 nitrogen and oxygen atoms in total. The average molecular weight is 415 g/mol. The zero-order chi connectivity index (χ0) is 20.3. The lowest BCUT2D eigenvalue weighted by molar-refractivity contribution is 0.381. The highest BCUT2D eigenvalue weighted by molar-refractivity contribution is 7.79. The number of rotatable bonds is 7. The Kier molecular flexibility index (Phi) is 9.59. The van der Waals surface area contributed by atoms with Crippen LogP contribution in [-0.2, 0) is 16.9 Å². The van der Waals surface area contributed by atoms with Gasteiger partial charge < -0.3 is 16.4 Å². The molecule has 27 heavy (non-hydrogen) atoms. The molecule has 0 fully saturated rings. The van der Waals surface area contributed by atoms with Crippen molar-refractivity contribution >= 4 is 33.6 Å². The number of nitrogens with zero attached hydrogens (tertiary/aromatic N) is 2. The van der Waals surface area contributed by atoms with Gasteiger partial charge in [0.15, 0.2) is 5.96 Å². The normalized spacial score (nSPS) is 10.5. The molecule has 0 aliphatic carbocycles. The van der Waals surface area contributed by atoms with Gasteiger partial charge in [-0.25, -0.2) is 0 Å². The molecular formula is C17H23ClN4O4S. The predicted molar refractivity (Wildman–Crippen MR) is 108 cm³/mol. The Morgan fingerprint density at radius 1 is 1.04 bits per heavy atom. The minimum Gasteiger partial charge on any atom is -0.370 e. The van der Waals surface area contributed by atoms with Crippen molar-refractivity contribution in [2.24, 2.45) is 16.5 Å². The summed E-state index contributed by atoms with van der Waals surface area (Å²) in [6.07, 6.45) is 0.882. The predicted octanol–water partition coefficient (Wildman–Crippen LogP) is 2.36. The molecule has 0 bridgehead atoms. The third-order valence-electron chi connectivity index (χ3n) is 3.29. The first-order valence-electron chi connectivity index (χ1n) is 7.95. The van der Waals surface area contributed by atoms with Crippen molar-refractivity contribution in [3.8, 4) is 0 Å². The molecule has 2 aromatic rings. The molecule has 0 atom stereocenters. The van der Waals surface area contributed by atoms with E-state index in [0.29, 0.717) is 6.54 Å². The summed E-state index contributed by atoms with van der Waals surface area (Å²) in [4.78, 5) is 6.34. The minimum absolute atomic E-state index is 0.140. The molecule has 2 rings (SSSR count). The van der Waals surface area contributed by atoms with E-state index in [1.165, 1.54) is 5.56 Å². The molecule has 0 aromatic heterocycles. The number of aliphatic imine (C=N–C) groups is 1. The summed E-state index contributed by atoms with van der Waals surface area (Å²) in [5.41, 5.74) is 13.1. The van der Waals surface area contributed by atoms with Gasteiger partial charge in [0.25, 0.3) is 0 Å². The van der Waals surface area contributed by atoms with Crippen LogP contribution in [0.4, 0.5) is 5.69 Å². The summed E-state index contributed by atoms with van der Waals surface area (Å²) in [5, 5.41) is 0.740. The van der Waals surface area contributed by atoms with Gasteiger partial charge in [-0.2, -0.15) is 8.42 Å². The van der Waals surface area contributed by atoms with E-state index in [1.807, 2.05) is 30.3 Å². The Bertz CT molecular complexity index is 803. The second-order valence-corrected chi connectivity index (χ2v) is 6.82. The van der Waals surface area contributed by atoms with E-state index in [-0.39, 0.29) is 5.96 Å². The fourth-order valence-corrected chi connectivity index (χ4v) is 2.35. The fraction of sp³-hybridized carbons (Fsp3) is 0.235. The number of hydrogen-bond donors (Lipinski definition) is 4. The molecule has 0 saturated heterocycles. The largest absolute Gasteiger partial charge is 0.394 e. The number of halogens is 1. The molecular weight excluding hydrogens is 392 g/mol. The van der Waals surface area contributed by atoms with Crippen LogP contribution in [0.2, 0.25) is 5.02 Å². The summed E-state index contributed by atoms with van der Waals surface area (Å²) in [6, 6.07) is 18.3. The lowest BCUT2D eigenvalue weighted by atomic mass is 10.2. The maximum absolute atomic E-state index is 8.74. The molecule has 10 heteroatoms. The molecule has 2 aromatic carbocycles. The summed E-state index contributed by atoms with van der Waals surface area (Å²) >= 11 is 5.97. The van der Waals surface area contributed by atoms with Crippen molar-refractivity contribution in [3.05, 3.63) is 65.2 Å². The molecule has 0 aliphatic heterocycles. The lowest BCUT2D eigenvalue weighted by Crippen LogP contribution is -2.26.